The highest BCUT2D eigenvalue weighted by Gasteiger charge is 2.10. The third kappa shape index (κ3) is 7.06. The van der Waals surface area contributed by atoms with Crippen molar-refractivity contribution in [2.45, 2.75) is 12.8 Å². The lowest BCUT2D eigenvalue weighted by Gasteiger charge is -2.06. The number of carbonyl (C=O) groups is 1. The van der Waals surface area contributed by atoms with Gasteiger partial charge in [0.05, 0.1) is 0 Å². The zero-order valence-electron chi connectivity index (χ0n) is 4.77. The molecule has 0 atom stereocenters. The number of carboxylic acid groups (broad SMARTS) is 1. The van der Waals surface area contributed by atoms with E-state index in [0.29, 0.717) is 6.21 Å². The minimum atomic E-state index is -2.28. The van der Waals surface area contributed by atoms with E-state index in [1.165, 1.54) is 0 Å². The fraction of sp³-hybridized carbons (Fsp3) is 0.500. The molecule has 0 saturated carbocycles. The van der Waals surface area contributed by atoms with Crippen LogP contribution in [-0.2, 0) is 4.79 Å². The highest BCUT2D eigenvalue weighted by atomic mass is 16.5. The van der Waals surface area contributed by atoms with Crippen molar-refractivity contribution >= 4 is 12.2 Å². The Bertz CT molecular complexity index is 134. The average molecular weight is 133 g/mol. The maximum absolute atomic E-state index is 9.67. The molecule has 5 nitrogen and oxygen atoms in total. The Kier molecular flexibility index (Phi) is 2.29. The van der Waals surface area contributed by atoms with Gasteiger partial charge in [-0.25, -0.2) is 9.79 Å². The lowest BCUT2D eigenvalue weighted by molar-refractivity contribution is -0.139. The van der Waals surface area contributed by atoms with Crippen molar-refractivity contribution in [3.63, 3.8) is 0 Å². The molecule has 0 unspecified atom stereocenters. The number of rotatable bonds is 2. The highest BCUT2D eigenvalue weighted by Crippen LogP contribution is 1.95. The highest BCUT2D eigenvalue weighted by molar-refractivity contribution is 6.22. The summed E-state index contributed by atoms with van der Waals surface area (Å²) in [4.78, 5) is 12.5. The molecule has 0 heterocycles. The molecule has 0 spiro atoms. The van der Waals surface area contributed by atoms with Gasteiger partial charge in [0.25, 0.3) is 5.91 Å². The molecule has 0 aliphatic rings. The molecule has 3 N–H and O–H groups in total. The third-order valence-electron chi connectivity index (χ3n) is 0.420. The number of aliphatic carboxylic acids is 1. The van der Waals surface area contributed by atoms with Gasteiger partial charge in [-0.05, 0) is 0 Å². The monoisotopic (exact) mass is 133 g/mol. The van der Waals surface area contributed by atoms with Crippen molar-refractivity contribution < 1.29 is 20.1 Å². The van der Waals surface area contributed by atoms with Crippen molar-refractivity contribution in [2.24, 2.45) is 4.99 Å². The second-order valence-corrected chi connectivity index (χ2v) is 1.57. The average Bonchev–Trinajstić information content (AvgIpc) is 1.59. The molecule has 5 heteroatoms. The Balaban J connectivity index is 3.86. The molecule has 0 bridgehead atoms. The van der Waals surface area contributed by atoms with Crippen molar-refractivity contribution in [2.75, 3.05) is 0 Å². The molecule has 0 saturated heterocycles. The number of hydrogen-bond donors (Lipinski definition) is 3. The summed E-state index contributed by atoms with van der Waals surface area (Å²) in [7, 11) is 0. The minimum Gasteiger partial charge on any atom is -0.477 e. The van der Waals surface area contributed by atoms with Crippen LogP contribution >= 0.6 is 0 Å². The topological polar surface area (TPSA) is 90.1 Å². The molecule has 52 valence electrons. The first kappa shape index (κ1) is 8.06. The van der Waals surface area contributed by atoms with E-state index in [0.717, 1.165) is 6.92 Å². The Morgan fingerprint density at radius 1 is 1.67 bits per heavy atom. The molecule has 0 amide bonds. The van der Waals surface area contributed by atoms with E-state index in [2.05, 4.69) is 4.99 Å². The van der Waals surface area contributed by atoms with Gasteiger partial charge >= 0.3 is 5.97 Å². The summed E-state index contributed by atoms with van der Waals surface area (Å²) in [5, 5.41) is 24.6. The molecule has 0 aliphatic heterocycles. The summed E-state index contributed by atoms with van der Waals surface area (Å²) in [5.41, 5.74) is 0. The molecular formula is C4H7NO4. The first-order valence-corrected chi connectivity index (χ1v) is 2.15. The number of aliphatic imine (C=N–C) groups is 1. The second-order valence-electron chi connectivity index (χ2n) is 1.57. The third-order valence-corrected chi connectivity index (χ3v) is 0.420. The minimum absolute atomic E-state index is 0.417. The largest absolute Gasteiger partial charge is 0.477 e. The van der Waals surface area contributed by atoms with Crippen LogP contribution in [0, 0.1) is 0 Å². The van der Waals surface area contributed by atoms with E-state index < -0.39 is 11.9 Å². The van der Waals surface area contributed by atoms with Crippen LogP contribution < -0.4 is 0 Å². The van der Waals surface area contributed by atoms with Gasteiger partial charge in [-0.1, -0.05) is 0 Å². The van der Waals surface area contributed by atoms with Gasteiger partial charge in [-0.2, -0.15) is 0 Å². The molecule has 0 aromatic heterocycles. The van der Waals surface area contributed by atoms with Crippen molar-refractivity contribution in [1.82, 2.24) is 0 Å². The second kappa shape index (κ2) is 2.56. The number of carboxylic acids is 1. The molecule has 0 aromatic carbocycles. The van der Waals surface area contributed by atoms with E-state index in [1.807, 2.05) is 0 Å². The van der Waals surface area contributed by atoms with E-state index in [-0.39, 0.29) is 0 Å². The maximum atomic E-state index is 9.67. The van der Waals surface area contributed by atoms with Gasteiger partial charge in [-0.3, -0.25) is 0 Å². The van der Waals surface area contributed by atoms with Gasteiger partial charge in [-0.15, -0.1) is 0 Å². The SMILES string of the molecule is CC(O)(O)N=CC(=O)O. The quantitative estimate of drug-likeness (QED) is 0.326. The summed E-state index contributed by atoms with van der Waals surface area (Å²) < 4.78 is 0. The van der Waals surface area contributed by atoms with Crippen LogP contribution in [0.3, 0.4) is 0 Å². The van der Waals surface area contributed by atoms with Gasteiger partial charge in [0.1, 0.15) is 6.21 Å². The van der Waals surface area contributed by atoms with E-state index in [9.17, 15) is 4.79 Å². The van der Waals surface area contributed by atoms with Crippen molar-refractivity contribution in [1.29, 1.82) is 0 Å². The van der Waals surface area contributed by atoms with Gasteiger partial charge in [0, 0.05) is 6.92 Å². The molecule has 0 aromatic rings. The van der Waals surface area contributed by atoms with Gasteiger partial charge < -0.3 is 15.3 Å². The summed E-state index contributed by atoms with van der Waals surface area (Å²) in [6.45, 7) is 0.951. The van der Waals surface area contributed by atoms with Crippen molar-refractivity contribution in [3.8, 4) is 0 Å². The molecule has 0 fully saturated rings. The van der Waals surface area contributed by atoms with Crippen LogP contribution in [0.5, 0.6) is 0 Å². The van der Waals surface area contributed by atoms with Crippen LogP contribution in [-0.4, -0.2) is 33.4 Å². The standard InChI is InChI=1S/C4H7NO4/c1-4(8,9)5-2-3(6)7/h2,8-9H,1H3,(H,6,7). The molecule has 9 heavy (non-hydrogen) atoms. The molecular weight excluding hydrogens is 126 g/mol. The van der Waals surface area contributed by atoms with E-state index >= 15 is 0 Å². The van der Waals surface area contributed by atoms with Crippen LogP contribution in [0.15, 0.2) is 4.99 Å². The summed E-state index contributed by atoms with van der Waals surface area (Å²) in [6.07, 6.45) is 0.417. The zero-order chi connectivity index (χ0) is 7.49. The van der Waals surface area contributed by atoms with Crippen LogP contribution in [0.1, 0.15) is 6.92 Å². The Labute approximate surface area is 51.3 Å². The van der Waals surface area contributed by atoms with Crippen LogP contribution in [0.2, 0.25) is 0 Å². The molecule has 0 aliphatic carbocycles. The number of hydrogen-bond acceptors (Lipinski definition) is 4. The van der Waals surface area contributed by atoms with Gasteiger partial charge in [0.2, 0.25) is 0 Å². The predicted octanol–water partition coefficient (Wildman–Crippen LogP) is -1.20. The Morgan fingerprint density at radius 2 is 2.11 bits per heavy atom. The summed E-state index contributed by atoms with van der Waals surface area (Å²) in [6, 6.07) is 0. The van der Waals surface area contributed by atoms with Gasteiger partial charge in [0.15, 0.2) is 0 Å². The fourth-order valence-electron chi connectivity index (χ4n) is 0.178. The van der Waals surface area contributed by atoms with Crippen LogP contribution in [0.4, 0.5) is 0 Å². The smallest absolute Gasteiger partial charge is 0.346 e. The Hall–Kier alpha value is -0.940. The van der Waals surface area contributed by atoms with E-state index in [4.69, 9.17) is 15.3 Å². The number of aliphatic hydroxyl groups is 2. The fourth-order valence-corrected chi connectivity index (χ4v) is 0.178. The lowest BCUT2D eigenvalue weighted by Crippen LogP contribution is -2.20. The van der Waals surface area contributed by atoms with E-state index in [1.54, 1.807) is 0 Å². The molecule has 0 rings (SSSR count). The number of nitrogens with zero attached hydrogens (tertiary/aromatic N) is 1. The first-order chi connectivity index (χ1) is 3.92. The summed E-state index contributed by atoms with van der Waals surface area (Å²) >= 11 is 0. The zero-order valence-corrected chi connectivity index (χ0v) is 4.77. The first-order valence-electron chi connectivity index (χ1n) is 2.15. The predicted molar refractivity (Wildman–Crippen MR) is 29.0 cm³/mol. The van der Waals surface area contributed by atoms with Crippen LogP contribution in [0.25, 0.3) is 0 Å². The molecule has 0 radical (unpaired) electrons. The maximum Gasteiger partial charge on any atom is 0.346 e. The Morgan fingerprint density at radius 3 is 2.22 bits per heavy atom. The van der Waals surface area contributed by atoms with Crippen molar-refractivity contribution in [3.05, 3.63) is 0 Å². The normalized spacial score (nSPS) is 12.3. The summed E-state index contributed by atoms with van der Waals surface area (Å²) in [5.74, 6) is -3.59. The lowest BCUT2D eigenvalue weighted by atomic mass is 10.6.